The van der Waals surface area contributed by atoms with Gasteiger partial charge in [0.15, 0.2) is 46.0 Å². The molecule has 22 heteroatoms. The number of rotatable bonds is 19. The summed E-state index contributed by atoms with van der Waals surface area (Å²) in [5.41, 5.74) is 0.552. The smallest absolute Gasteiger partial charge is 0.374 e. The summed E-state index contributed by atoms with van der Waals surface area (Å²) in [6, 6.07) is 20.1. The molecule has 0 aliphatic carbocycles. The molecule has 0 amide bonds. The van der Waals surface area contributed by atoms with Crippen molar-refractivity contribution in [3.05, 3.63) is 95.6 Å². The van der Waals surface area contributed by atoms with Gasteiger partial charge in [0.1, 0.15) is 41.0 Å². The summed E-state index contributed by atoms with van der Waals surface area (Å²) in [6.45, 7) is 17.5. The number of nitrogens with zero attached hydrogens (tertiary/aromatic N) is 3. The van der Waals surface area contributed by atoms with Crippen LogP contribution < -0.4 is 19.1 Å². The molecule has 0 unspecified atom stereocenters. The van der Waals surface area contributed by atoms with E-state index in [1.807, 2.05) is 12.1 Å². The monoisotopic (exact) mass is 1080 g/mol. The topological polar surface area (TPSA) is 295 Å². The molecule has 0 atom stereocenters. The van der Waals surface area contributed by atoms with Crippen molar-refractivity contribution in [3.8, 4) is 51.6 Å². The van der Waals surface area contributed by atoms with Gasteiger partial charge >= 0.3 is 23.9 Å². The van der Waals surface area contributed by atoms with E-state index >= 15 is 0 Å². The first-order valence-corrected chi connectivity index (χ1v) is 23.5. The summed E-state index contributed by atoms with van der Waals surface area (Å²) < 4.78 is 37.2. The van der Waals surface area contributed by atoms with Crippen molar-refractivity contribution in [2.24, 2.45) is 0 Å². The lowest BCUT2D eigenvalue weighted by Crippen LogP contribution is -2.35. The Morgan fingerprint density at radius 3 is 1.08 bits per heavy atom. The average molecular weight is 1080 g/mol. The molecule has 22 nitrogen and oxygen atoms in total. The predicted molar refractivity (Wildman–Crippen MR) is 284 cm³/mol. The first-order chi connectivity index (χ1) is 35.6. The molecule has 0 saturated carbocycles. The number of benzene rings is 3. The molecule has 0 aliphatic rings. The molecule has 5 rings (SSSR count). The van der Waals surface area contributed by atoms with Crippen molar-refractivity contribution in [2.75, 3.05) is 45.9 Å². The molecule has 0 radical (unpaired) electrons. The maximum atomic E-state index is 12.3. The van der Waals surface area contributed by atoms with Gasteiger partial charge in [0.05, 0.1) is 52.8 Å². The summed E-state index contributed by atoms with van der Waals surface area (Å²) in [7, 11) is 4.60. The number of hydrogen-bond donors (Lipinski definition) is 4. The second-order valence-electron chi connectivity index (χ2n) is 16.9. The largest absolute Gasteiger partial charge is 0.503 e. The summed E-state index contributed by atoms with van der Waals surface area (Å²) >= 11 is 0. The van der Waals surface area contributed by atoms with E-state index in [-0.39, 0.29) is 67.8 Å². The van der Waals surface area contributed by atoms with E-state index in [0.29, 0.717) is 22.9 Å². The number of aromatic hydroxyl groups is 4. The highest BCUT2D eigenvalue weighted by atomic mass is 16.6. The van der Waals surface area contributed by atoms with Crippen molar-refractivity contribution >= 4 is 52.7 Å². The Hall–Kier alpha value is -8.82. The zero-order valence-electron chi connectivity index (χ0n) is 45.0. The lowest BCUT2D eigenvalue weighted by molar-refractivity contribution is -0.152. The molecule has 5 aromatic rings. The SMILES string of the molecule is C.CCOC(=O)C(C)=O.COc1ccc(-n2c(C(C)=O)c(O)c(O)c2C(=O)OC(C)C)cc1.COc1ccc(-n2c(C(C)=O)c(O)c(O)c2C(=O)OC(C)C)cc1.COc1ccc(N(CC(C)=O)CC(=O)OC(C)C)cc1. The normalized spacial score (nSPS) is 10.2. The number of Topliss-reactive ketones (excluding diaryl/α,β-unsaturated/α-hetero) is 4. The molecular formula is C55H71N3O19. The highest BCUT2D eigenvalue weighted by molar-refractivity contribution is 6.32. The lowest BCUT2D eigenvalue weighted by atomic mass is 10.2. The maximum Gasteiger partial charge on any atom is 0.374 e. The van der Waals surface area contributed by atoms with Crippen molar-refractivity contribution in [2.45, 2.75) is 102 Å². The van der Waals surface area contributed by atoms with Crippen LogP contribution in [0.25, 0.3) is 11.4 Å². The highest BCUT2D eigenvalue weighted by Crippen LogP contribution is 2.40. The van der Waals surface area contributed by atoms with E-state index in [1.165, 1.54) is 51.0 Å². The van der Waals surface area contributed by atoms with Crippen molar-refractivity contribution in [3.63, 3.8) is 0 Å². The third-order valence-electron chi connectivity index (χ3n) is 9.74. The molecule has 0 bridgehead atoms. The maximum absolute atomic E-state index is 12.3. The Morgan fingerprint density at radius 2 is 0.818 bits per heavy atom. The molecule has 2 heterocycles. The van der Waals surface area contributed by atoms with Crippen molar-refractivity contribution in [1.29, 1.82) is 0 Å². The van der Waals surface area contributed by atoms with Gasteiger partial charge in [-0.05, 0) is 128 Å². The molecular weight excluding hydrogens is 1010 g/mol. The van der Waals surface area contributed by atoms with Gasteiger partial charge in [-0.25, -0.2) is 14.4 Å². The molecule has 420 valence electrons. The van der Waals surface area contributed by atoms with Crippen LogP contribution in [0.15, 0.2) is 72.8 Å². The van der Waals surface area contributed by atoms with Gasteiger partial charge in [-0.15, -0.1) is 0 Å². The minimum Gasteiger partial charge on any atom is -0.503 e. The van der Waals surface area contributed by atoms with Crippen LogP contribution >= 0.6 is 0 Å². The van der Waals surface area contributed by atoms with Gasteiger partial charge < -0.3 is 58.5 Å². The fourth-order valence-electron chi connectivity index (χ4n) is 6.63. The van der Waals surface area contributed by atoms with Crippen LogP contribution in [-0.2, 0) is 38.1 Å². The molecule has 4 N–H and O–H groups in total. The summed E-state index contributed by atoms with van der Waals surface area (Å²) in [5, 5.41) is 40.5. The number of methoxy groups -OCH3 is 3. The average Bonchev–Trinajstić information content (AvgIpc) is 3.78. The van der Waals surface area contributed by atoms with Crippen molar-refractivity contribution < 1.29 is 91.9 Å². The molecule has 2 aromatic heterocycles. The Kier molecular flexibility index (Phi) is 26.8. The number of carbonyl (C=O) groups is 8. The fourth-order valence-corrected chi connectivity index (χ4v) is 6.63. The fraction of sp³-hybridized carbons (Fsp3) is 0.382. The number of hydrogen-bond acceptors (Lipinski definition) is 20. The van der Waals surface area contributed by atoms with Crippen LogP contribution in [0.3, 0.4) is 0 Å². The number of ether oxygens (including phenoxy) is 7. The second kappa shape index (κ2) is 31.2. The van der Waals surface area contributed by atoms with Crippen LogP contribution in [0.4, 0.5) is 5.69 Å². The Morgan fingerprint density at radius 1 is 0.494 bits per heavy atom. The minimum atomic E-state index is -0.846. The van der Waals surface area contributed by atoms with Gasteiger partial charge in [0, 0.05) is 37.8 Å². The molecule has 77 heavy (non-hydrogen) atoms. The highest BCUT2D eigenvalue weighted by Gasteiger charge is 2.33. The first-order valence-electron chi connectivity index (χ1n) is 23.5. The van der Waals surface area contributed by atoms with E-state index in [9.17, 15) is 58.8 Å². The molecule has 0 aliphatic heterocycles. The van der Waals surface area contributed by atoms with Crippen LogP contribution in [0.1, 0.15) is 126 Å². The standard InChI is InChI=1S/2C17H19NO6.C15H21NO4.C5H8O3.CH4/c2*1-9(2)24-17(22)14-16(21)15(20)13(10(3)19)18(14)11-5-7-12(23-4)8-6-11;1-11(2)20-15(18)10-16(9-12(3)17)13-5-7-14(19-4)8-6-13;1-3-8-5(7)4(2)6;/h2*5-9,20-21H,1-4H3;5-8,11H,9-10H2,1-4H3;3H2,1-2H3;1H4. The zero-order chi connectivity index (χ0) is 57.7. The Balaban J connectivity index is 0.000000537. The van der Waals surface area contributed by atoms with Gasteiger partial charge in [0.2, 0.25) is 5.78 Å². The van der Waals surface area contributed by atoms with E-state index in [4.69, 9.17) is 28.4 Å². The van der Waals surface area contributed by atoms with E-state index in [0.717, 1.165) is 11.4 Å². The second-order valence-corrected chi connectivity index (χ2v) is 16.9. The van der Waals surface area contributed by atoms with Crippen LogP contribution in [0.2, 0.25) is 0 Å². The van der Waals surface area contributed by atoms with Crippen molar-refractivity contribution in [1.82, 2.24) is 9.13 Å². The number of carbonyl (C=O) groups excluding carboxylic acids is 8. The van der Waals surface area contributed by atoms with Gasteiger partial charge in [-0.1, -0.05) is 7.43 Å². The summed E-state index contributed by atoms with van der Waals surface area (Å²) in [6.07, 6.45) is -1.03. The molecule has 0 saturated heterocycles. The number of anilines is 1. The van der Waals surface area contributed by atoms with E-state index < -0.39 is 70.5 Å². The predicted octanol–water partition coefficient (Wildman–Crippen LogP) is 8.15. The Labute approximate surface area is 447 Å². The number of aromatic nitrogens is 2. The first kappa shape index (κ1) is 66.2. The summed E-state index contributed by atoms with van der Waals surface area (Å²) in [5.74, 6) is -5.21. The third kappa shape index (κ3) is 19.1. The van der Waals surface area contributed by atoms with Crippen LogP contribution in [-0.4, -0.2) is 136 Å². The van der Waals surface area contributed by atoms with Crippen LogP contribution in [0, 0.1) is 0 Å². The van der Waals surface area contributed by atoms with Gasteiger partial charge in [-0.2, -0.15) is 0 Å². The van der Waals surface area contributed by atoms with E-state index in [1.54, 1.807) is 121 Å². The minimum absolute atomic E-state index is 0. The number of esters is 4. The molecule has 3 aromatic carbocycles. The quantitative estimate of drug-likeness (QED) is 0.0262. The van der Waals surface area contributed by atoms with Crippen LogP contribution in [0.5, 0.6) is 40.2 Å². The van der Waals surface area contributed by atoms with Gasteiger partial charge in [-0.3, -0.25) is 33.1 Å². The summed E-state index contributed by atoms with van der Waals surface area (Å²) in [4.78, 5) is 93.5. The Bertz CT molecular complexity index is 2670. The third-order valence-corrected chi connectivity index (χ3v) is 9.74. The zero-order valence-corrected chi connectivity index (χ0v) is 45.0. The number of ketones is 4. The van der Waals surface area contributed by atoms with Gasteiger partial charge in [0.25, 0.3) is 0 Å². The molecule has 0 fully saturated rings. The van der Waals surface area contributed by atoms with E-state index in [2.05, 4.69) is 4.74 Å². The lowest BCUT2D eigenvalue weighted by Gasteiger charge is -2.23. The molecule has 0 spiro atoms.